The minimum Gasteiger partial charge on any atom is -0.386 e. The average Bonchev–Trinajstić information content (AvgIpc) is 2.71. The number of nitrogens with one attached hydrogen (secondary N) is 1. The zero-order chi connectivity index (χ0) is 13.1. The third-order valence-corrected chi connectivity index (χ3v) is 2.59. The number of anilines is 1. The SMILES string of the molecule is Cc1nc(Cl)cc(NCC(O)c2cnn(C)c2)n1. The third kappa shape index (κ3) is 3.18. The molecule has 1 atom stereocenters. The highest BCUT2D eigenvalue weighted by Gasteiger charge is 2.10. The summed E-state index contributed by atoms with van der Waals surface area (Å²) in [6.07, 6.45) is 2.75. The molecule has 0 aliphatic rings. The number of aliphatic hydroxyl groups excluding tert-OH is 1. The molecule has 0 aliphatic carbocycles. The zero-order valence-electron chi connectivity index (χ0n) is 10.1. The molecule has 96 valence electrons. The molecule has 0 spiro atoms. The molecule has 0 bridgehead atoms. The molecule has 0 fully saturated rings. The third-order valence-electron chi connectivity index (χ3n) is 2.39. The average molecular weight is 268 g/mol. The maximum absolute atomic E-state index is 9.94. The van der Waals surface area contributed by atoms with E-state index in [0.29, 0.717) is 23.3 Å². The number of aromatic nitrogens is 4. The number of nitrogens with zero attached hydrogens (tertiary/aromatic N) is 4. The largest absolute Gasteiger partial charge is 0.386 e. The lowest BCUT2D eigenvalue weighted by Gasteiger charge is -2.10. The van der Waals surface area contributed by atoms with Crippen LogP contribution in [0.5, 0.6) is 0 Å². The van der Waals surface area contributed by atoms with Gasteiger partial charge in [-0.05, 0) is 6.92 Å². The van der Waals surface area contributed by atoms with Crippen molar-refractivity contribution in [1.82, 2.24) is 19.7 Å². The molecule has 0 aliphatic heterocycles. The van der Waals surface area contributed by atoms with Gasteiger partial charge in [-0.1, -0.05) is 11.6 Å². The summed E-state index contributed by atoms with van der Waals surface area (Å²) in [4.78, 5) is 8.13. The van der Waals surface area contributed by atoms with Crippen molar-refractivity contribution in [2.24, 2.45) is 7.05 Å². The first kappa shape index (κ1) is 12.8. The number of hydrogen-bond acceptors (Lipinski definition) is 5. The van der Waals surface area contributed by atoms with Gasteiger partial charge in [0.15, 0.2) is 0 Å². The molecule has 0 saturated carbocycles. The van der Waals surface area contributed by atoms with Crippen LogP contribution in [0.25, 0.3) is 0 Å². The summed E-state index contributed by atoms with van der Waals surface area (Å²) >= 11 is 5.82. The Hall–Kier alpha value is -1.66. The molecular formula is C11H14ClN5O. The predicted molar refractivity (Wildman–Crippen MR) is 68.4 cm³/mol. The van der Waals surface area contributed by atoms with Crippen LogP contribution in [0.15, 0.2) is 18.5 Å². The normalized spacial score (nSPS) is 12.4. The molecule has 0 radical (unpaired) electrons. The monoisotopic (exact) mass is 267 g/mol. The number of rotatable bonds is 4. The fourth-order valence-corrected chi connectivity index (χ4v) is 1.78. The Morgan fingerprint density at radius 1 is 1.50 bits per heavy atom. The van der Waals surface area contributed by atoms with Gasteiger partial charge in [-0.2, -0.15) is 5.10 Å². The van der Waals surface area contributed by atoms with Gasteiger partial charge in [-0.3, -0.25) is 4.68 Å². The highest BCUT2D eigenvalue weighted by Crippen LogP contribution is 2.14. The Morgan fingerprint density at radius 2 is 2.28 bits per heavy atom. The molecule has 2 aromatic rings. The molecule has 7 heteroatoms. The molecule has 2 N–H and O–H groups in total. The van der Waals surface area contributed by atoms with E-state index in [1.807, 2.05) is 0 Å². The second kappa shape index (κ2) is 5.32. The zero-order valence-corrected chi connectivity index (χ0v) is 10.9. The molecule has 1 unspecified atom stereocenters. The van der Waals surface area contributed by atoms with E-state index in [1.54, 1.807) is 37.1 Å². The smallest absolute Gasteiger partial charge is 0.134 e. The highest BCUT2D eigenvalue weighted by molar-refractivity contribution is 6.29. The van der Waals surface area contributed by atoms with Gasteiger partial charge < -0.3 is 10.4 Å². The van der Waals surface area contributed by atoms with Crippen LogP contribution < -0.4 is 5.32 Å². The second-order valence-corrected chi connectivity index (χ2v) is 4.35. The fraction of sp³-hybridized carbons (Fsp3) is 0.364. The molecular weight excluding hydrogens is 254 g/mol. The van der Waals surface area contributed by atoms with Gasteiger partial charge in [0.2, 0.25) is 0 Å². The summed E-state index contributed by atoms with van der Waals surface area (Å²) in [7, 11) is 1.80. The van der Waals surface area contributed by atoms with Crippen LogP contribution in [0.1, 0.15) is 17.5 Å². The van der Waals surface area contributed by atoms with E-state index < -0.39 is 6.10 Å². The van der Waals surface area contributed by atoms with Gasteiger partial charge in [0.1, 0.15) is 16.8 Å². The van der Waals surface area contributed by atoms with E-state index in [2.05, 4.69) is 20.4 Å². The lowest BCUT2D eigenvalue weighted by molar-refractivity contribution is 0.191. The molecule has 0 amide bonds. The van der Waals surface area contributed by atoms with Gasteiger partial charge in [0, 0.05) is 31.4 Å². The Morgan fingerprint density at radius 3 is 2.89 bits per heavy atom. The van der Waals surface area contributed by atoms with Crippen molar-refractivity contribution >= 4 is 17.4 Å². The van der Waals surface area contributed by atoms with Crippen molar-refractivity contribution in [3.8, 4) is 0 Å². The first-order valence-electron chi connectivity index (χ1n) is 5.46. The number of aryl methyl sites for hydroxylation is 2. The molecule has 2 heterocycles. The summed E-state index contributed by atoms with van der Waals surface area (Å²) in [5, 5.41) is 17.3. The van der Waals surface area contributed by atoms with Crippen LogP contribution in [0.4, 0.5) is 5.82 Å². The maximum Gasteiger partial charge on any atom is 0.134 e. The minimum atomic E-state index is -0.646. The van der Waals surface area contributed by atoms with Crippen molar-refractivity contribution in [2.45, 2.75) is 13.0 Å². The Bertz CT molecular complexity index is 522. The quantitative estimate of drug-likeness (QED) is 0.817. The maximum atomic E-state index is 9.94. The van der Waals surface area contributed by atoms with Crippen LogP contribution >= 0.6 is 11.6 Å². The fourth-order valence-electron chi connectivity index (χ4n) is 1.55. The van der Waals surface area contributed by atoms with Gasteiger partial charge in [0.05, 0.1) is 12.3 Å². The van der Waals surface area contributed by atoms with Crippen molar-refractivity contribution < 1.29 is 5.11 Å². The van der Waals surface area contributed by atoms with Gasteiger partial charge in [0.25, 0.3) is 0 Å². The number of aliphatic hydroxyl groups is 1. The Labute approximate surface area is 110 Å². The van der Waals surface area contributed by atoms with E-state index >= 15 is 0 Å². The lowest BCUT2D eigenvalue weighted by atomic mass is 10.2. The van der Waals surface area contributed by atoms with Crippen molar-refractivity contribution in [1.29, 1.82) is 0 Å². The summed E-state index contributed by atoms with van der Waals surface area (Å²) in [6.45, 7) is 2.09. The van der Waals surface area contributed by atoms with Gasteiger partial charge in [-0.25, -0.2) is 9.97 Å². The summed E-state index contributed by atoms with van der Waals surface area (Å²) in [6, 6.07) is 1.62. The second-order valence-electron chi connectivity index (χ2n) is 3.97. The van der Waals surface area contributed by atoms with Crippen molar-refractivity contribution in [2.75, 3.05) is 11.9 Å². The van der Waals surface area contributed by atoms with Crippen LogP contribution in [0, 0.1) is 6.92 Å². The lowest BCUT2D eigenvalue weighted by Crippen LogP contribution is -2.13. The van der Waals surface area contributed by atoms with E-state index in [9.17, 15) is 5.11 Å². The Balaban J connectivity index is 1.99. The molecule has 0 aromatic carbocycles. The van der Waals surface area contributed by atoms with Gasteiger partial charge >= 0.3 is 0 Å². The molecule has 2 aromatic heterocycles. The number of halogens is 1. The molecule has 2 rings (SSSR count). The van der Waals surface area contributed by atoms with E-state index in [0.717, 1.165) is 5.56 Å². The predicted octanol–water partition coefficient (Wildman–Crippen LogP) is 1.32. The van der Waals surface area contributed by atoms with E-state index in [-0.39, 0.29) is 0 Å². The molecule has 18 heavy (non-hydrogen) atoms. The molecule has 0 saturated heterocycles. The standard InChI is InChI=1S/C11H14ClN5O/c1-7-15-10(12)3-11(16-7)13-5-9(18)8-4-14-17(2)6-8/h3-4,6,9,18H,5H2,1-2H3,(H,13,15,16). The number of hydrogen-bond donors (Lipinski definition) is 2. The van der Waals surface area contributed by atoms with Crippen molar-refractivity contribution in [3.05, 3.63) is 35.0 Å². The topological polar surface area (TPSA) is 75.9 Å². The Kier molecular flexibility index (Phi) is 3.78. The summed E-state index contributed by atoms with van der Waals surface area (Å²) in [5.74, 6) is 1.18. The molecule has 6 nitrogen and oxygen atoms in total. The van der Waals surface area contributed by atoms with E-state index in [4.69, 9.17) is 11.6 Å². The summed E-state index contributed by atoms with van der Waals surface area (Å²) < 4.78 is 1.64. The van der Waals surface area contributed by atoms with Crippen LogP contribution in [0.2, 0.25) is 5.15 Å². The van der Waals surface area contributed by atoms with Crippen molar-refractivity contribution in [3.63, 3.8) is 0 Å². The summed E-state index contributed by atoms with van der Waals surface area (Å²) in [5.41, 5.74) is 0.752. The van der Waals surface area contributed by atoms with Crippen LogP contribution in [-0.4, -0.2) is 31.4 Å². The van der Waals surface area contributed by atoms with Crippen LogP contribution in [0.3, 0.4) is 0 Å². The van der Waals surface area contributed by atoms with Crippen LogP contribution in [-0.2, 0) is 7.05 Å². The highest BCUT2D eigenvalue weighted by atomic mass is 35.5. The minimum absolute atomic E-state index is 0.332. The first-order valence-corrected chi connectivity index (χ1v) is 5.84. The van der Waals surface area contributed by atoms with E-state index in [1.165, 1.54) is 0 Å². The first-order chi connectivity index (χ1) is 8.54. The van der Waals surface area contributed by atoms with Gasteiger partial charge in [-0.15, -0.1) is 0 Å².